The Bertz CT molecular complexity index is 819. The zero-order chi connectivity index (χ0) is 14.8. The van der Waals surface area contributed by atoms with Crippen LogP contribution in [-0.4, -0.2) is 5.91 Å². The molecule has 0 radical (unpaired) electrons. The molecule has 1 amide bonds. The van der Waals surface area contributed by atoms with E-state index in [-0.39, 0.29) is 5.91 Å². The van der Waals surface area contributed by atoms with Gasteiger partial charge in [0.1, 0.15) is 0 Å². The van der Waals surface area contributed by atoms with Gasteiger partial charge >= 0.3 is 0 Å². The lowest BCUT2D eigenvalue weighted by Gasteiger charge is -2.09. The summed E-state index contributed by atoms with van der Waals surface area (Å²) < 4.78 is 0. The summed E-state index contributed by atoms with van der Waals surface area (Å²) in [6, 6.07) is 19.1. The van der Waals surface area contributed by atoms with E-state index < -0.39 is 0 Å². The van der Waals surface area contributed by atoms with Gasteiger partial charge in [-0.2, -0.15) is 0 Å². The fourth-order valence-electron chi connectivity index (χ4n) is 2.35. The Hall–Kier alpha value is -2.81. The first-order chi connectivity index (χ1) is 10.1. The average Bonchev–Trinajstić information content (AvgIpc) is 2.50. The second kappa shape index (κ2) is 5.29. The van der Waals surface area contributed by atoms with Crippen molar-refractivity contribution in [3.63, 3.8) is 0 Å². The highest BCUT2D eigenvalue weighted by atomic mass is 16.1. The Balaban J connectivity index is 1.94. The van der Waals surface area contributed by atoms with Gasteiger partial charge in [0.2, 0.25) is 0 Å². The Labute approximate surface area is 123 Å². The highest BCUT2D eigenvalue weighted by molar-refractivity contribution is 6.09. The summed E-state index contributed by atoms with van der Waals surface area (Å²) in [6.07, 6.45) is 0. The SMILES string of the molecule is Cc1cc(C(=O)Nc2cccc3ccccc23)ccc1N. The van der Waals surface area contributed by atoms with Gasteiger partial charge in [-0.15, -0.1) is 0 Å². The number of amides is 1. The molecule has 0 spiro atoms. The number of nitrogen functional groups attached to an aromatic ring is 1. The van der Waals surface area contributed by atoms with Gasteiger partial charge in [0, 0.05) is 22.3 Å². The number of benzene rings is 3. The van der Waals surface area contributed by atoms with Crippen molar-refractivity contribution in [2.75, 3.05) is 11.1 Å². The first kappa shape index (κ1) is 13.2. The van der Waals surface area contributed by atoms with Gasteiger partial charge in [0.25, 0.3) is 5.91 Å². The van der Waals surface area contributed by atoms with Crippen LogP contribution in [0.2, 0.25) is 0 Å². The van der Waals surface area contributed by atoms with Crippen molar-refractivity contribution in [2.45, 2.75) is 6.92 Å². The number of anilines is 2. The summed E-state index contributed by atoms with van der Waals surface area (Å²) in [5, 5.41) is 5.10. The highest BCUT2D eigenvalue weighted by Gasteiger charge is 2.09. The minimum absolute atomic E-state index is 0.130. The van der Waals surface area contributed by atoms with Crippen molar-refractivity contribution in [3.8, 4) is 0 Å². The van der Waals surface area contributed by atoms with Crippen LogP contribution in [0.4, 0.5) is 11.4 Å². The van der Waals surface area contributed by atoms with Gasteiger partial charge in [0.15, 0.2) is 0 Å². The average molecular weight is 276 g/mol. The van der Waals surface area contributed by atoms with Crippen molar-refractivity contribution in [1.29, 1.82) is 0 Å². The van der Waals surface area contributed by atoms with Crippen LogP contribution < -0.4 is 11.1 Å². The van der Waals surface area contributed by atoms with Gasteiger partial charge in [-0.1, -0.05) is 36.4 Å². The molecule has 3 nitrogen and oxygen atoms in total. The third-order valence-electron chi connectivity index (χ3n) is 3.57. The standard InChI is InChI=1S/C18H16N2O/c1-12-11-14(9-10-16(12)19)18(21)20-17-8-4-6-13-5-2-3-7-15(13)17/h2-11H,19H2,1H3,(H,20,21). The van der Waals surface area contributed by atoms with E-state index in [4.69, 9.17) is 5.73 Å². The Morgan fingerprint density at radius 1 is 1.00 bits per heavy atom. The minimum Gasteiger partial charge on any atom is -0.399 e. The number of carbonyl (C=O) groups is 1. The predicted octanol–water partition coefficient (Wildman–Crippen LogP) is 3.98. The normalized spacial score (nSPS) is 10.5. The summed E-state index contributed by atoms with van der Waals surface area (Å²) in [5.41, 5.74) is 8.80. The van der Waals surface area contributed by atoms with E-state index in [0.717, 1.165) is 22.0 Å². The maximum Gasteiger partial charge on any atom is 0.255 e. The number of nitrogens with two attached hydrogens (primary N) is 1. The Morgan fingerprint density at radius 3 is 2.57 bits per heavy atom. The zero-order valence-corrected chi connectivity index (χ0v) is 11.8. The van der Waals surface area contributed by atoms with Gasteiger partial charge in [-0.05, 0) is 42.1 Å². The molecule has 0 fully saturated rings. The first-order valence-corrected chi connectivity index (χ1v) is 6.80. The molecule has 3 aromatic carbocycles. The van der Waals surface area contributed by atoms with Crippen molar-refractivity contribution in [1.82, 2.24) is 0 Å². The molecule has 0 aliphatic rings. The van der Waals surface area contributed by atoms with Crippen LogP contribution in [0.25, 0.3) is 10.8 Å². The lowest BCUT2D eigenvalue weighted by molar-refractivity contribution is 0.102. The maximum atomic E-state index is 12.4. The molecule has 0 atom stereocenters. The zero-order valence-electron chi connectivity index (χ0n) is 11.8. The lowest BCUT2D eigenvalue weighted by Crippen LogP contribution is -2.12. The third kappa shape index (κ3) is 2.58. The molecule has 0 aliphatic heterocycles. The number of hydrogen-bond acceptors (Lipinski definition) is 2. The van der Waals surface area contributed by atoms with Crippen LogP contribution >= 0.6 is 0 Å². The number of aryl methyl sites for hydroxylation is 1. The van der Waals surface area contributed by atoms with E-state index in [1.165, 1.54) is 0 Å². The fourth-order valence-corrected chi connectivity index (χ4v) is 2.35. The lowest BCUT2D eigenvalue weighted by atomic mass is 10.1. The van der Waals surface area contributed by atoms with Gasteiger partial charge in [0.05, 0.1) is 0 Å². The first-order valence-electron chi connectivity index (χ1n) is 6.80. The quantitative estimate of drug-likeness (QED) is 0.695. The summed E-state index contributed by atoms with van der Waals surface area (Å²) in [6.45, 7) is 1.89. The summed E-state index contributed by atoms with van der Waals surface area (Å²) in [7, 11) is 0. The van der Waals surface area contributed by atoms with Crippen molar-refractivity contribution >= 4 is 28.1 Å². The molecule has 3 heteroatoms. The maximum absolute atomic E-state index is 12.4. The second-order valence-electron chi connectivity index (χ2n) is 5.05. The van der Waals surface area contributed by atoms with Gasteiger partial charge in [-0.3, -0.25) is 4.79 Å². The van der Waals surface area contributed by atoms with E-state index in [2.05, 4.69) is 5.32 Å². The monoisotopic (exact) mass is 276 g/mol. The molecule has 3 N–H and O–H groups in total. The summed E-state index contributed by atoms with van der Waals surface area (Å²) in [4.78, 5) is 12.4. The molecule has 0 aliphatic carbocycles. The molecule has 0 saturated carbocycles. The molecular formula is C18H16N2O. The number of fused-ring (bicyclic) bond motifs is 1. The Morgan fingerprint density at radius 2 is 1.76 bits per heavy atom. The summed E-state index contributed by atoms with van der Waals surface area (Å²) >= 11 is 0. The van der Waals surface area contributed by atoms with Crippen molar-refractivity contribution < 1.29 is 4.79 Å². The number of rotatable bonds is 2. The van der Waals surface area contributed by atoms with Crippen LogP contribution in [0.3, 0.4) is 0 Å². The molecule has 3 rings (SSSR count). The van der Waals surface area contributed by atoms with E-state index in [1.807, 2.05) is 49.4 Å². The fraction of sp³-hybridized carbons (Fsp3) is 0.0556. The molecule has 3 aromatic rings. The van der Waals surface area contributed by atoms with E-state index >= 15 is 0 Å². The molecular weight excluding hydrogens is 260 g/mol. The van der Waals surface area contributed by atoms with Crippen LogP contribution in [0, 0.1) is 6.92 Å². The van der Waals surface area contributed by atoms with Crippen molar-refractivity contribution in [2.24, 2.45) is 0 Å². The molecule has 0 unspecified atom stereocenters. The molecule has 0 bridgehead atoms. The highest BCUT2D eigenvalue weighted by Crippen LogP contribution is 2.23. The van der Waals surface area contributed by atoms with Gasteiger partial charge in [-0.25, -0.2) is 0 Å². The number of carbonyl (C=O) groups excluding carboxylic acids is 1. The smallest absolute Gasteiger partial charge is 0.255 e. The minimum atomic E-state index is -0.130. The molecule has 0 saturated heterocycles. The summed E-state index contributed by atoms with van der Waals surface area (Å²) in [5.74, 6) is -0.130. The topological polar surface area (TPSA) is 55.1 Å². The van der Waals surface area contributed by atoms with E-state index in [9.17, 15) is 4.79 Å². The molecule has 21 heavy (non-hydrogen) atoms. The van der Waals surface area contributed by atoms with Gasteiger partial charge < -0.3 is 11.1 Å². The van der Waals surface area contributed by atoms with E-state index in [0.29, 0.717) is 11.3 Å². The second-order valence-corrected chi connectivity index (χ2v) is 5.05. The third-order valence-corrected chi connectivity index (χ3v) is 3.57. The van der Waals surface area contributed by atoms with Crippen LogP contribution in [0.1, 0.15) is 15.9 Å². The van der Waals surface area contributed by atoms with Crippen LogP contribution in [-0.2, 0) is 0 Å². The Kier molecular flexibility index (Phi) is 3.32. The molecule has 0 heterocycles. The predicted molar refractivity (Wildman–Crippen MR) is 87.5 cm³/mol. The van der Waals surface area contributed by atoms with Crippen LogP contribution in [0.5, 0.6) is 0 Å². The largest absolute Gasteiger partial charge is 0.399 e. The number of hydrogen-bond donors (Lipinski definition) is 2. The molecule has 104 valence electrons. The van der Waals surface area contributed by atoms with E-state index in [1.54, 1.807) is 18.2 Å². The van der Waals surface area contributed by atoms with Crippen molar-refractivity contribution in [3.05, 3.63) is 71.8 Å². The molecule has 0 aromatic heterocycles. The van der Waals surface area contributed by atoms with Crippen LogP contribution in [0.15, 0.2) is 60.7 Å². The number of nitrogens with one attached hydrogen (secondary N) is 1.